The third-order valence-electron chi connectivity index (χ3n) is 5.21. The molecule has 0 spiro atoms. The molecule has 7 heteroatoms. The Hall–Kier alpha value is -1.73. The monoisotopic (exact) mass is 348 g/mol. The summed E-state index contributed by atoms with van der Waals surface area (Å²) >= 11 is 0. The number of ether oxygens (including phenoxy) is 2. The first-order valence-corrected chi connectivity index (χ1v) is 8.95. The molecule has 2 aliphatic rings. The molecule has 0 aromatic carbocycles. The maximum Gasteiger partial charge on any atom is 0.248 e. The van der Waals surface area contributed by atoms with Crippen LogP contribution >= 0.6 is 0 Å². The number of fused-ring (bicyclic) bond motifs is 1. The third-order valence-corrected chi connectivity index (χ3v) is 5.21. The van der Waals surface area contributed by atoms with Crippen LogP contribution in [0, 0.1) is 12.3 Å². The van der Waals surface area contributed by atoms with Crippen molar-refractivity contribution in [2.45, 2.75) is 32.3 Å². The predicted molar refractivity (Wildman–Crippen MR) is 94.5 cm³/mol. The van der Waals surface area contributed by atoms with E-state index in [1.807, 2.05) is 19.1 Å². The number of aryl methyl sites for hydroxylation is 1. The van der Waals surface area contributed by atoms with E-state index in [-0.39, 0.29) is 24.0 Å². The number of likely N-dealkylation sites (N-methyl/N-ethyl adjacent to an activating group) is 1. The summed E-state index contributed by atoms with van der Waals surface area (Å²) in [5.41, 5.74) is 0.829. The Morgan fingerprint density at radius 2 is 2.28 bits per heavy atom. The van der Waals surface area contributed by atoms with E-state index < -0.39 is 0 Å². The molecule has 2 aliphatic heterocycles. The first kappa shape index (κ1) is 18.1. The number of hydrogen-bond acceptors (Lipinski definition) is 6. The van der Waals surface area contributed by atoms with Crippen molar-refractivity contribution in [3.05, 3.63) is 17.8 Å². The van der Waals surface area contributed by atoms with Crippen molar-refractivity contribution < 1.29 is 14.3 Å². The van der Waals surface area contributed by atoms with Crippen LogP contribution in [0.25, 0.3) is 0 Å². The molecule has 0 bridgehead atoms. The first-order chi connectivity index (χ1) is 12.0. The molecule has 1 aromatic heterocycles. The van der Waals surface area contributed by atoms with E-state index in [0.29, 0.717) is 6.61 Å². The van der Waals surface area contributed by atoms with Gasteiger partial charge in [0.05, 0.1) is 18.4 Å². The Morgan fingerprint density at radius 3 is 3.00 bits per heavy atom. The van der Waals surface area contributed by atoms with Gasteiger partial charge in [0.15, 0.2) is 5.82 Å². The fourth-order valence-electron chi connectivity index (χ4n) is 3.73. The van der Waals surface area contributed by atoms with E-state index in [9.17, 15) is 4.79 Å². The number of aromatic nitrogens is 2. The standard InChI is InChI=1S/C18H28N4O3/c1-14-5-6-16(20-19-14)22-9-7-15-18(12-22,8-4-10-25-15)13-24-11-17(23)21(2)3/h5-6,15H,4,7-13H2,1-3H3/t15-,18-/m0/s1. The fourth-order valence-corrected chi connectivity index (χ4v) is 3.73. The molecule has 25 heavy (non-hydrogen) atoms. The van der Waals surface area contributed by atoms with Gasteiger partial charge in [0.1, 0.15) is 6.61 Å². The lowest BCUT2D eigenvalue weighted by Gasteiger charge is -2.50. The molecule has 2 atom stereocenters. The van der Waals surface area contributed by atoms with Gasteiger partial charge in [-0.25, -0.2) is 0 Å². The van der Waals surface area contributed by atoms with Crippen molar-refractivity contribution in [3.63, 3.8) is 0 Å². The minimum atomic E-state index is -0.0876. The van der Waals surface area contributed by atoms with Crippen molar-refractivity contribution >= 4 is 11.7 Å². The van der Waals surface area contributed by atoms with Crippen LogP contribution in [0.15, 0.2) is 12.1 Å². The summed E-state index contributed by atoms with van der Waals surface area (Å²) in [6.07, 6.45) is 3.20. The van der Waals surface area contributed by atoms with Crippen molar-refractivity contribution in [1.82, 2.24) is 15.1 Å². The molecule has 0 saturated carbocycles. The van der Waals surface area contributed by atoms with Crippen LogP contribution in [-0.4, -0.2) is 74.1 Å². The van der Waals surface area contributed by atoms with E-state index in [0.717, 1.165) is 50.5 Å². The van der Waals surface area contributed by atoms with E-state index in [1.54, 1.807) is 19.0 Å². The van der Waals surface area contributed by atoms with E-state index in [1.165, 1.54) is 0 Å². The van der Waals surface area contributed by atoms with Gasteiger partial charge in [0, 0.05) is 39.2 Å². The zero-order valence-electron chi connectivity index (χ0n) is 15.4. The molecule has 3 heterocycles. The average molecular weight is 348 g/mol. The number of hydrogen-bond donors (Lipinski definition) is 0. The maximum absolute atomic E-state index is 11.8. The first-order valence-electron chi connectivity index (χ1n) is 8.95. The fraction of sp³-hybridized carbons (Fsp3) is 0.722. The molecule has 1 amide bonds. The number of carbonyl (C=O) groups is 1. The molecular formula is C18H28N4O3. The van der Waals surface area contributed by atoms with Crippen molar-refractivity contribution in [2.24, 2.45) is 5.41 Å². The van der Waals surface area contributed by atoms with E-state index in [4.69, 9.17) is 9.47 Å². The zero-order chi connectivity index (χ0) is 17.9. The number of carbonyl (C=O) groups excluding carboxylic acids is 1. The van der Waals surface area contributed by atoms with Gasteiger partial charge in [-0.2, -0.15) is 5.10 Å². The van der Waals surface area contributed by atoms with Crippen molar-refractivity contribution in [1.29, 1.82) is 0 Å². The van der Waals surface area contributed by atoms with Gasteiger partial charge in [-0.1, -0.05) is 0 Å². The summed E-state index contributed by atoms with van der Waals surface area (Å²) in [6, 6.07) is 4.02. The van der Waals surface area contributed by atoms with Crippen LogP contribution in [0.5, 0.6) is 0 Å². The Kier molecular flexibility index (Phi) is 5.54. The van der Waals surface area contributed by atoms with Crippen LogP contribution in [0.3, 0.4) is 0 Å². The molecule has 0 radical (unpaired) electrons. The summed E-state index contributed by atoms with van der Waals surface area (Å²) in [4.78, 5) is 15.6. The van der Waals surface area contributed by atoms with Gasteiger partial charge in [-0.05, 0) is 38.3 Å². The lowest BCUT2D eigenvalue weighted by Crippen LogP contribution is -2.57. The number of nitrogens with zero attached hydrogens (tertiary/aromatic N) is 4. The Labute approximate surface area is 149 Å². The molecule has 0 aliphatic carbocycles. The van der Waals surface area contributed by atoms with E-state index in [2.05, 4.69) is 15.1 Å². The van der Waals surface area contributed by atoms with Crippen LogP contribution in [0.2, 0.25) is 0 Å². The lowest BCUT2D eigenvalue weighted by atomic mass is 9.73. The van der Waals surface area contributed by atoms with Gasteiger partial charge in [-0.15, -0.1) is 5.10 Å². The normalized spacial score (nSPS) is 26.2. The molecule has 0 unspecified atom stereocenters. The van der Waals surface area contributed by atoms with Gasteiger partial charge in [0.2, 0.25) is 5.91 Å². The molecule has 2 saturated heterocycles. The Bertz CT molecular complexity index is 592. The maximum atomic E-state index is 11.8. The second-order valence-corrected chi connectivity index (χ2v) is 7.35. The average Bonchev–Trinajstić information content (AvgIpc) is 2.61. The third kappa shape index (κ3) is 4.10. The highest BCUT2D eigenvalue weighted by Gasteiger charge is 2.46. The number of anilines is 1. The molecule has 3 rings (SSSR count). The topological polar surface area (TPSA) is 67.8 Å². The van der Waals surface area contributed by atoms with Crippen molar-refractivity contribution in [3.8, 4) is 0 Å². The molecule has 7 nitrogen and oxygen atoms in total. The quantitative estimate of drug-likeness (QED) is 0.798. The number of rotatable bonds is 5. The molecule has 0 N–H and O–H groups in total. The highest BCUT2D eigenvalue weighted by molar-refractivity contribution is 5.76. The van der Waals surface area contributed by atoms with Crippen LogP contribution in [0.1, 0.15) is 25.0 Å². The predicted octanol–water partition coefficient (Wildman–Crippen LogP) is 1.27. The minimum absolute atomic E-state index is 0.0123. The summed E-state index contributed by atoms with van der Waals surface area (Å²) in [5.74, 6) is 0.889. The Morgan fingerprint density at radius 1 is 1.44 bits per heavy atom. The van der Waals surface area contributed by atoms with E-state index >= 15 is 0 Å². The smallest absolute Gasteiger partial charge is 0.248 e. The zero-order valence-corrected chi connectivity index (χ0v) is 15.4. The van der Waals surface area contributed by atoms with Crippen LogP contribution in [0.4, 0.5) is 5.82 Å². The number of piperidine rings is 1. The van der Waals surface area contributed by atoms with Crippen LogP contribution < -0.4 is 4.90 Å². The van der Waals surface area contributed by atoms with Gasteiger partial charge in [0.25, 0.3) is 0 Å². The van der Waals surface area contributed by atoms with Gasteiger partial charge < -0.3 is 19.3 Å². The lowest BCUT2D eigenvalue weighted by molar-refractivity contribution is -0.144. The highest BCUT2D eigenvalue weighted by atomic mass is 16.5. The second-order valence-electron chi connectivity index (χ2n) is 7.35. The second kappa shape index (κ2) is 7.66. The minimum Gasteiger partial charge on any atom is -0.377 e. The summed E-state index contributed by atoms with van der Waals surface area (Å²) < 4.78 is 11.9. The number of amides is 1. The van der Waals surface area contributed by atoms with Gasteiger partial charge >= 0.3 is 0 Å². The molecule has 1 aromatic rings. The summed E-state index contributed by atoms with van der Waals surface area (Å²) in [5, 5.41) is 8.52. The molecule has 138 valence electrons. The summed E-state index contributed by atoms with van der Waals surface area (Å²) in [6.45, 7) is 5.13. The molecule has 2 fully saturated rings. The summed E-state index contributed by atoms with van der Waals surface area (Å²) in [7, 11) is 3.49. The van der Waals surface area contributed by atoms with Crippen molar-refractivity contribution in [2.75, 3.05) is 51.9 Å². The highest BCUT2D eigenvalue weighted by Crippen LogP contribution is 2.41. The van der Waals surface area contributed by atoms with Crippen LogP contribution in [-0.2, 0) is 14.3 Å². The SMILES string of the molecule is Cc1ccc(N2CC[C@@H]3OCCC[C@@]3(COCC(=O)N(C)C)C2)nn1. The largest absolute Gasteiger partial charge is 0.377 e. The molecular weight excluding hydrogens is 320 g/mol. The Balaban J connectivity index is 1.70. The van der Waals surface area contributed by atoms with Gasteiger partial charge in [-0.3, -0.25) is 4.79 Å².